The van der Waals surface area contributed by atoms with Gasteiger partial charge < -0.3 is 20.8 Å². The number of nitrogens with one attached hydrogen (secondary N) is 2. The van der Waals surface area contributed by atoms with Crippen LogP contribution in [0.25, 0.3) is 0 Å². The highest BCUT2D eigenvalue weighted by Crippen LogP contribution is 1.94. The van der Waals surface area contributed by atoms with E-state index in [-0.39, 0.29) is 5.75 Å². The predicted octanol–water partition coefficient (Wildman–Crippen LogP) is -1.35. The monoisotopic (exact) mass is 296 g/mol. The van der Waals surface area contributed by atoms with E-state index in [2.05, 4.69) is 5.32 Å². The molecule has 110 valence electrons. The van der Waals surface area contributed by atoms with Gasteiger partial charge in [0.2, 0.25) is 0 Å². The van der Waals surface area contributed by atoms with Gasteiger partial charge in [-0.25, -0.2) is 18.0 Å². The Bertz CT molecular complexity index is 459. The number of hydrogen-bond donors (Lipinski definition) is 4. The first-order valence-corrected chi connectivity index (χ1v) is 7.26. The van der Waals surface area contributed by atoms with Gasteiger partial charge in [0, 0.05) is 12.3 Å². The molecule has 0 bridgehead atoms. The summed E-state index contributed by atoms with van der Waals surface area (Å²) in [5.41, 5.74) is 0. The van der Waals surface area contributed by atoms with Gasteiger partial charge in [-0.2, -0.15) is 0 Å². The van der Waals surface area contributed by atoms with Gasteiger partial charge in [0.1, 0.15) is 15.9 Å². The lowest BCUT2D eigenvalue weighted by Gasteiger charge is -2.16. The standard InChI is InChI=1S/C9H16N2O7S/c1-5(4-19(2,17)18)10-9(16)11-6(8(14)15)3-7(12)13/h5-6H,3-4H2,1-2H3,(H,12,13)(H,14,15)(H2,10,11,16)/t5?,6-/m0/s1. The molecule has 9 nitrogen and oxygen atoms in total. The van der Waals surface area contributed by atoms with Gasteiger partial charge in [0.15, 0.2) is 0 Å². The van der Waals surface area contributed by atoms with Crippen molar-refractivity contribution in [2.75, 3.05) is 12.0 Å². The van der Waals surface area contributed by atoms with E-state index in [0.717, 1.165) is 6.26 Å². The minimum atomic E-state index is -3.29. The summed E-state index contributed by atoms with van der Waals surface area (Å²) in [4.78, 5) is 32.4. The smallest absolute Gasteiger partial charge is 0.326 e. The molecule has 0 saturated heterocycles. The van der Waals surface area contributed by atoms with Crippen molar-refractivity contribution in [3.63, 3.8) is 0 Å². The van der Waals surface area contributed by atoms with Crippen LogP contribution in [0.1, 0.15) is 13.3 Å². The van der Waals surface area contributed by atoms with Crippen LogP contribution in [0, 0.1) is 0 Å². The number of carboxylic acids is 2. The fourth-order valence-corrected chi connectivity index (χ4v) is 2.29. The summed E-state index contributed by atoms with van der Waals surface area (Å²) in [6, 6.07) is -3.25. The molecule has 0 spiro atoms. The molecule has 0 heterocycles. The molecule has 10 heteroatoms. The zero-order valence-electron chi connectivity index (χ0n) is 10.4. The van der Waals surface area contributed by atoms with Gasteiger partial charge in [-0.3, -0.25) is 4.79 Å². The van der Waals surface area contributed by atoms with Crippen LogP contribution in [0.4, 0.5) is 4.79 Å². The molecule has 0 radical (unpaired) electrons. The Morgan fingerprint density at radius 1 is 1.16 bits per heavy atom. The van der Waals surface area contributed by atoms with Gasteiger partial charge in [0.05, 0.1) is 12.2 Å². The fourth-order valence-electron chi connectivity index (χ4n) is 1.29. The van der Waals surface area contributed by atoms with Gasteiger partial charge in [-0.05, 0) is 6.92 Å². The molecule has 0 rings (SSSR count). The third kappa shape index (κ3) is 8.83. The molecular weight excluding hydrogens is 280 g/mol. The molecule has 0 aromatic carbocycles. The summed E-state index contributed by atoms with van der Waals surface area (Å²) < 4.78 is 21.9. The van der Waals surface area contributed by atoms with Crippen LogP contribution in [0.2, 0.25) is 0 Å². The Kier molecular flexibility index (Phi) is 6.25. The first-order chi connectivity index (χ1) is 8.51. The number of sulfone groups is 1. The number of amides is 2. The average molecular weight is 296 g/mol. The summed E-state index contributed by atoms with van der Waals surface area (Å²) in [5, 5.41) is 21.3. The van der Waals surface area contributed by atoms with Crippen molar-refractivity contribution < 1.29 is 33.0 Å². The van der Waals surface area contributed by atoms with Crippen molar-refractivity contribution in [2.45, 2.75) is 25.4 Å². The van der Waals surface area contributed by atoms with Crippen molar-refractivity contribution in [3.05, 3.63) is 0 Å². The molecule has 0 aromatic rings. The van der Waals surface area contributed by atoms with E-state index in [1.807, 2.05) is 5.32 Å². The quantitative estimate of drug-likeness (QED) is 0.453. The SMILES string of the molecule is CC(CS(C)(=O)=O)NC(=O)N[C@@H](CC(=O)O)C(=O)O. The van der Waals surface area contributed by atoms with E-state index < -0.39 is 46.3 Å². The van der Waals surface area contributed by atoms with Crippen LogP contribution in [0.15, 0.2) is 0 Å². The molecule has 0 aliphatic heterocycles. The Labute approximate surface area is 109 Å². The third-order valence-corrected chi connectivity index (χ3v) is 3.02. The lowest BCUT2D eigenvalue weighted by atomic mass is 10.2. The van der Waals surface area contributed by atoms with E-state index >= 15 is 0 Å². The van der Waals surface area contributed by atoms with Crippen LogP contribution in [0.5, 0.6) is 0 Å². The Morgan fingerprint density at radius 2 is 1.68 bits per heavy atom. The molecule has 2 atom stereocenters. The van der Waals surface area contributed by atoms with E-state index in [1.165, 1.54) is 6.92 Å². The molecule has 2 amide bonds. The van der Waals surface area contributed by atoms with Gasteiger partial charge >= 0.3 is 18.0 Å². The molecule has 0 saturated carbocycles. The highest BCUT2D eigenvalue weighted by molar-refractivity contribution is 7.90. The van der Waals surface area contributed by atoms with Crippen molar-refractivity contribution >= 4 is 27.8 Å². The average Bonchev–Trinajstić information content (AvgIpc) is 2.11. The maximum absolute atomic E-state index is 11.4. The minimum Gasteiger partial charge on any atom is -0.481 e. The van der Waals surface area contributed by atoms with Crippen LogP contribution in [0.3, 0.4) is 0 Å². The summed E-state index contributed by atoms with van der Waals surface area (Å²) in [5.74, 6) is -3.18. The summed E-state index contributed by atoms with van der Waals surface area (Å²) in [6.45, 7) is 1.42. The number of hydrogen-bond acceptors (Lipinski definition) is 5. The lowest BCUT2D eigenvalue weighted by molar-refractivity contribution is -0.145. The second kappa shape index (κ2) is 6.92. The molecule has 1 unspecified atom stereocenters. The van der Waals surface area contributed by atoms with Crippen molar-refractivity contribution in [2.24, 2.45) is 0 Å². The summed E-state index contributed by atoms with van der Waals surface area (Å²) >= 11 is 0. The van der Waals surface area contributed by atoms with Crippen LogP contribution < -0.4 is 10.6 Å². The molecule has 4 N–H and O–H groups in total. The number of rotatable bonds is 7. The Hall–Kier alpha value is -1.84. The second-order valence-corrected chi connectivity index (χ2v) is 6.28. The van der Waals surface area contributed by atoms with Crippen LogP contribution in [-0.2, 0) is 19.4 Å². The molecule has 0 fully saturated rings. The Balaban J connectivity index is 4.42. The van der Waals surface area contributed by atoms with E-state index in [9.17, 15) is 22.8 Å². The van der Waals surface area contributed by atoms with Gasteiger partial charge in [0.25, 0.3) is 0 Å². The first-order valence-electron chi connectivity index (χ1n) is 5.20. The zero-order chi connectivity index (χ0) is 15.2. The van der Waals surface area contributed by atoms with E-state index in [4.69, 9.17) is 10.2 Å². The highest BCUT2D eigenvalue weighted by atomic mass is 32.2. The predicted molar refractivity (Wildman–Crippen MR) is 64.5 cm³/mol. The zero-order valence-corrected chi connectivity index (χ0v) is 11.2. The summed E-state index contributed by atoms with van der Waals surface area (Å²) in [7, 11) is -3.29. The van der Waals surface area contributed by atoms with Crippen LogP contribution >= 0.6 is 0 Å². The minimum absolute atomic E-state index is 0.308. The van der Waals surface area contributed by atoms with E-state index in [1.54, 1.807) is 0 Å². The first kappa shape index (κ1) is 17.2. The molecule has 0 aliphatic rings. The number of carbonyl (C=O) groups excluding carboxylic acids is 1. The topological polar surface area (TPSA) is 150 Å². The second-order valence-electron chi connectivity index (χ2n) is 4.10. The molecule has 19 heavy (non-hydrogen) atoms. The van der Waals surface area contributed by atoms with Crippen molar-refractivity contribution in [3.8, 4) is 0 Å². The fraction of sp³-hybridized carbons (Fsp3) is 0.667. The summed E-state index contributed by atoms with van der Waals surface area (Å²) in [6.07, 6.45) is 0.219. The maximum atomic E-state index is 11.4. The van der Waals surface area contributed by atoms with Gasteiger partial charge in [-0.15, -0.1) is 0 Å². The van der Waals surface area contributed by atoms with Gasteiger partial charge in [-0.1, -0.05) is 0 Å². The largest absolute Gasteiger partial charge is 0.481 e. The van der Waals surface area contributed by atoms with Crippen molar-refractivity contribution in [1.82, 2.24) is 10.6 Å². The lowest BCUT2D eigenvalue weighted by Crippen LogP contribution is -2.50. The van der Waals surface area contributed by atoms with Crippen LogP contribution in [-0.4, -0.2) is 60.7 Å². The number of carbonyl (C=O) groups is 3. The highest BCUT2D eigenvalue weighted by Gasteiger charge is 2.23. The normalized spacial score (nSPS) is 14.2. The number of carboxylic acid groups (broad SMARTS) is 2. The number of urea groups is 1. The van der Waals surface area contributed by atoms with Crippen molar-refractivity contribution in [1.29, 1.82) is 0 Å². The van der Waals surface area contributed by atoms with E-state index in [0.29, 0.717) is 0 Å². The number of aliphatic carboxylic acids is 2. The maximum Gasteiger partial charge on any atom is 0.326 e. The third-order valence-electron chi connectivity index (χ3n) is 1.91. The molecule has 0 aliphatic carbocycles. The Morgan fingerprint density at radius 3 is 2.05 bits per heavy atom. The molecular formula is C9H16N2O7S. The molecule has 0 aromatic heterocycles.